The number of rotatable bonds is 1. The third kappa shape index (κ3) is 1.47. The van der Waals surface area contributed by atoms with Gasteiger partial charge < -0.3 is 0 Å². The Morgan fingerprint density at radius 2 is 1.20 bits per heavy atom. The number of aryl methyl sites for hydroxylation is 1. The van der Waals surface area contributed by atoms with Gasteiger partial charge in [0.25, 0.3) is 0 Å². The average molecular weight is 257 g/mol. The van der Waals surface area contributed by atoms with Crippen molar-refractivity contribution in [3.8, 4) is 0 Å². The van der Waals surface area contributed by atoms with Gasteiger partial charge in [0, 0.05) is 17.3 Å². The Kier molecular flexibility index (Phi) is 2.46. The van der Waals surface area contributed by atoms with Crippen molar-refractivity contribution in [2.24, 2.45) is 0 Å². The maximum atomic E-state index is 4.58. The number of fused-ring (bicyclic) bond motifs is 6. The summed E-state index contributed by atoms with van der Waals surface area (Å²) in [5, 5.41) is 7.89. The summed E-state index contributed by atoms with van der Waals surface area (Å²) in [6.45, 7) is 2.17. The third-order valence-electron chi connectivity index (χ3n) is 4.07. The fourth-order valence-corrected chi connectivity index (χ4v) is 3.19. The fraction of sp³-hybridized carbons (Fsp3) is 0.105. The third-order valence-corrected chi connectivity index (χ3v) is 4.07. The van der Waals surface area contributed by atoms with Gasteiger partial charge in [-0.2, -0.15) is 0 Å². The van der Waals surface area contributed by atoms with Crippen molar-refractivity contribution in [2.45, 2.75) is 13.3 Å². The van der Waals surface area contributed by atoms with E-state index in [1.165, 1.54) is 38.0 Å². The van der Waals surface area contributed by atoms with E-state index in [0.29, 0.717) is 0 Å². The van der Waals surface area contributed by atoms with Gasteiger partial charge in [-0.15, -0.1) is 0 Å². The van der Waals surface area contributed by atoms with Crippen molar-refractivity contribution in [3.63, 3.8) is 0 Å². The molecule has 0 radical (unpaired) electrons. The van der Waals surface area contributed by atoms with E-state index in [4.69, 9.17) is 0 Å². The van der Waals surface area contributed by atoms with Crippen LogP contribution in [0.2, 0.25) is 0 Å². The van der Waals surface area contributed by atoms with E-state index in [9.17, 15) is 0 Å². The minimum atomic E-state index is 0.958. The Morgan fingerprint density at radius 3 is 1.80 bits per heavy atom. The molecule has 0 aliphatic heterocycles. The Hall–Kier alpha value is -2.41. The second-order valence-electron chi connectivity index (χ2n) is 5.12. The topological polar surface area (TPSA) is 12.9 Å². The smallest absolute Gasteiger partial charge is 0.0485 e. The highest BCUT2D eigenvalue weighted by atomic mass is 14.7. The highest BCUT2D eigenvalue weighted by molar-refractivity contribution is 6.25. The Morgan fingerprint density at radius 1 is 0.700 bits per heavy atom. The van der Waals surface area contributed by atoms with E-state index in [1.54, 1.807) is 0 Å². The molecule has 0 saturated heterocycles. The maximum absolute atomic E-state index is 4.58. The van der Waals surface area contributed by atoms with Crippen LogP contribution in [0, 0.1) is 0 Å². The summed E-state index contributed by atoms with van der Waals surface area (Å²) < 4.78 is 0. The zero-order valence-corrected chi connectivity index (χ0v) is 11.4. The number of aromatic nitrogens is 1. The number of pyridine rings is 1. The highest BCUT2D eigenvalue weighted by Crippen LogP contribution is 2.35. The Labute approximate surface area is 117 Å². The molecule has 0 N–H and O–H groups in total. The van der Waals surface area contributed by atoms with Crippen molar-refractivity contribution in [1.82, 2.24) is 4.98 Å². The summed E-state index contributed by atoms with van der Waals surface area (Å²) in [6.07, 6.45) is 2.89. The molecule has 0 unspecified atom stereocenters. The van der Waals surface area contributed by atoms with Crippen LogP contribution in [-0.4, -0.2) is 4.98 Å². The molecule has 1 heterocycles. The number of hydrogen-bond acceptors (Lipinski definition) is 1. The van der Waals surface area contributed by atoms with Gasteiger partial charge in [0.1, 0.15) is 0 Å². The molecule has 0 aliphatic carbocycles. The summed E-state index contributed by atoms with van der Waals surface area (Å²) in [7, 11) is 0. The molecule has 96 valence electrons. The molecule has 0 saturated carbocycles. The first-order valence-corrected chi connectivity index (χ1v) is 7.07. The lowest BCUT2D eigenvalue weighted by Crippen LogP contribution is -1.91. The predicted octanol–water partition coefficient (Wildman–Crippen LogP) is 5.10. The van der Waals surface area contributed by atoms with Crippen molar-refractivity contribution in [3.05, 3.63) is 66.5 Å². The highest BCUT2D eigenvalue weighted by Gasteiger charge is 2.10. The number of nitrogens with zero attached hydrogens (tertiary/aromatic N) is 1. The van der Waals surface area contributed by atoms with Crippen LogP contribution in [0.15, 0.2) is 60.8 Å². The van der Waals surface area contributed by atoms with Gasteiger partial charge in [0.2, 0.25) is 0 Å². The number of benzene rings is 3. The molecule has 4 aromatic rings. The van der Waals surface area contributed by atoms with E-state index in [1.807, 2.05) is 6.20 Å². The van der Waals surface area contributed by atoms with Gasteiger partial charge in [0.05, 0.1) is 0 Å². The van der Waals surface area contributed by atoms with Gasteiger partial charge >= 0.3 is 0 Å². The van der Waals surface area contributed by atoms with E-state index >= 15 is 0 Å². The van der Waals surface area contributed by atoms with Gasteiger partial charge in [-0.25, -0.2) is 0 Å². The van der Waals surface area contributed by atoms with Crippen LogP contribution in [0.4, 0.5) is 0 Å². The molecule has 1 heteroatoms. The average Bonchev–Trinajstić information content (AvgIpc) is 2.54. The molecule has 0 bridgehead atoms. The minimum Gasteiger partial charge on any atom is -0.261 e. The van der Waals surface area contributed by atoms with E-state index in [2.05, 4.69) is 66.5 Å². The molecule has 0 atom stereocenters. The molecule has 1 aromatic heterocycles. The SMILES string of the molecule is CCc1nccc2c3ccccc3c3ccccc3c12. The normalized spacial score (nSPS) is 11.4. The van der Waals surface area contributed by atoms with Crippen LogP contribution in [0.5, 0.6) is 0 Å². The van der Waals surface area contributed by atoms with Gasteiger partial charge in [-0.05, 0) is 39.4 Å². The standard InChI is InChI=1S/C19H15N/c1-2-18-19-16-10-6-5-8-14(16)13-7-3-4-9-15(13)17(19)11-12-20-18/h3-12H,2H2,1H3. The van der Waals surface area contributed by atoms with E-state index < -0.39 is 0 Å². The molecule has 0 aliphatic rings. The molecule has 20 heavy (non-hydrogen) atoms. The summed E-state index contributed by atoms with van der Waals surface area (Å²) in [5.74, 6) is 0. The second-order valence-corrected chi connectivity index (χ2v) is 5.12. The lowest BCUT2D eigenvalue weighted by atomic mass is 9.93. The monoisotopic (exact) mass is 257 g/mol. The maximum Gasteiger partial charge on any atom is 0.0485 e. The molecule has 0 amide bonds. The van der Waals surface area contributed by atoms with Crippen LogP contribution in [0.3, 0.4) is 0 Å². The molecule has 0 fully saturated rings. The van der Waals surface area contributed by atoms with Crippen molar-refractivity contribution in [2.75, 3.05) is 0 Å². The summed E-state index contributed by atoms with van der Waals surface area (Å²) in [5.41, 5.74) is 1.18. The predicted molar refractivity (Wildman–Crippen MR) is 86.1 cm³/mol. The van der Waals surface area contributed by atoms with E-state index in [0.717, 1.165) is 6.42 Å². The number of hydrogen-bond donors (Lipinski definition) is 0. The first kappa shape index (κ1) is 11.4. The van der Waals surface area contributed by atoms with Gasteiger partial charge in [-0.1, -0.05) is 55.5 Å². The largest absolute Gasteiger partial charge is 0.261 e. The summed E-state index contributed by atoms with van der Waals surface area (Å²) in [6, 6.07) is 19.4. The van der Waals surface area contributed by atoms with Crippen LogP contribution in [0.1, 0.15) is 12.6 Å². The van der Waals surface area contributed by atoms with Crippen molar-refractivity contribution in [1.29, 1.82) is 0 Å². The zero-order chi connectivity index (χ0) is 13.5. The molecular weight excluding hydrogens is 242 g/mol. The minimum absolute atomic E-state index is 0.958. The quantitative estimate of drug-likeness (QED) is 0.432. The van der Waals surface area contributed by atoms with Crippen LogP contribution in [0.25, 0.3) is 32.3 Å². The first-order chi connectivity index (χ1) is 9.90. The van der Waals surface area contributed by atoms with Gasteiger partial charge in [0.15, 0.2) is 0 Å². The summed E-state index contributed by atoms with van der Waals surface area (Å²) in [4.78, 5) is 4.58. The lowest BCUT2D eigenvalue weighted by Gasteiger charge is -2.12. The molecule has 4 rings (SSSR count). The summed E-state index contributed by atoms with van der Waals surface area (Å²) >= 11 is 0. The van der Waals surface area contributed by atoms with Crippen LogP contribution < -0.4 is 0 Å². The van der Waals surface area contributed by atoms with Gasteiger partial charge in [-0.3, -0.25) is 4.98 Å². The molecule has 0 spiro atoms. The lowest BCUT2D eigenvalue weighted by molar-refractivity contribution is 1.06. The van der Waals surface area contributed by atoms with E-state index in [-0.39, 0.29) is 0 Å². The van der Waals surface area contributed by atoms with Crippen molar-refractivity contribution < 1.29 is 0 Å². The molecule has 3 aromatic carbocycles. The second kappa shape index (κ2) is 4.31. The Bertz CT molecular complexity index is 893. The first-order valence-electron chi connectivity index (χ1n) is 7.07. The fourth-order valence-electron chi connectivity index (χ4n) is 3.19. The molecule has 1 nitrogen and oxygen atoms in total. The zero-order valence-electron chi connectivity index (χ0n) is 11.4. The van der Waals surface area contributed by atoms with Crippen LogP contribution >= 0.6 is 0 Å². The Balaban J connectivity index is 2.42. The van der Waals surface area contributed by atoms with Crippen molar-refractivity contribution >= 4 is 32.3 Å². The molecular formula is C19H15N. The van der Waals surface area contributed by atoms with Crippen LogP contribution in [-0.2, 0) is 6.42 Å².